The third kappa shape index (κ3) is 2.18. The van der Waals surface area contributed by atoms with Crippen molar-refractivity contribution in [3.8, 4) is 0 Å². The van der Waals surface area contributed by atoms with Crippen LogP contribution < -0.4 is 5.73 Å². The number of aryl methyl sites for hydroxylation is 1. The Balaban J connectivity index is 1.63. The SMILES string of the molecule is Cn1ccnc1CC(N)C1CC1c1ccccc1. The lowest BCUT2D eigenvalue weighted by molar-refractivity contribution is 0.553. The van der Waals surface area contributed by atoms with E-state index in [4.69, 9.17) is 5.73 Å². The molecule has 0 spiro atoms. The van der Waals surface area contributed by atoms with Crippen LogP contribution in [0.2, 0.25) is 0 Å². The van der Waals surface area contributed by atoms with Crippen LogP contribution in [0.1, 0.15) is 23.7 Å². The van der Waals surface area contributed by atoms with Crippen molar-refractivity contribution in [3.05, 3.63) is 54.1 Å². The number of rotatable bonds is 4. The number of hydrogen-bond acceptors (Lipinski definition) is 2. The zero-order valence-corrected chi connectivity index (χ0v) is 10.7. The molecular weight excluding hydrogens is 222 g/mol. The zero-order valence-electron chi connectivity index (χ0n) is 10.7. The standard InChI is InChI=1S/C15H19N3/c1-18-8-7-17-15(18)10-14(16)13-9-12(13)11-5-3-2-4-6-11/h2-8,12-14H,9-10,16H2,1H3. The summed E-state index contributed by atoms with van der Waals surface area (Å²) < 4.78 is 2.06. The van der Waals surface area contributed by atoms with Crippen molar-refractivity contribution in [2.75, 3.05) is 0 Å². The summed E-state index contributed by atoms with van der Waals surface area (Å²) in [6, 6.07) is 10.9. The summed E-state index contributed by atoms with van der Waals surface area (Å²) in [6.07, 6.45) is 5.90. The maximum Gasteiger partial charge on any atom is 0.109 e. The summed E-state index contributed by atoms with van der Waals surface area (Å²) >= 11 is 0. The molecule has 2 aromatic rings. The molecule has 0 radical (unpaired) electrons. The number of imidazole rings is 1. The minimum atomic E-state index is 0.219. The number of aromatic nitrogens is 2. The van der Waals surface area contributed by atoms with E-state index in [2.05, 4.69) is 39.9 Å². The number of hydrogen-bond donors (Lipinski definition) is 1. The van der Waals surface area contributed by atoms with Gasteiger partial charge in [-0.2, -0.15) is 0 Å². The Morgan fingerprint density at radius 1 is 1.39 bits per heavy atom. The molecule has 3 atom stereocenters. The molecule has 1 aliphatic carbocycles. The van der Waals surface area contributed by atoms with Crippen molar-refractivity contribution < 1.29 is 0 Å². The molecule has 94 valence electrons. The molecule has 1 aromatic heterocycles. The van der Waals surface area contributed by atoms with Crippen molar-refractivity contribution in [1.82, 2.24) is 9.55 Å². The van der Waals surface area contributed by atoms with Crippen molar-refractivity contribution in [2.45, 2.75) is 24.8 Å². The van der Waals surface area contributed by atoms with E-state index in [1.165, 1.54) is 12.0 Å². The normalized spacial score (nSPS) is 23.9. The van der Waals surface area contributed by atoms with Crippen LogP contribution in [0, 0.1) is 5.92 Å². The summed E-state index contributed by atoms with van der Waals surface area (Å²) in [4.78, 5) is 4.35. The predicted molar refractivity (Wildman–Crippen MR) is 72.2 cm³/mol. The van der Waals surface area contributed by atoms with Gasteiger partial charge in [0.25, 0.3) is 0 Å². The number of nitrogens with two attached hydrogens (primary N) is 1. The second kappa shape index (κ2) is 4.58. The summed E-state index contributed by atoms with van der Waals surface area (Å²) in [7, 11) is 2.02. The maximum absolute atomic E-state index is 6.31. The van der Waals surface area contributed by atoms with Crippen LogP contribution in [0.5, 0.6) is 0 Å². The van der Waals surface area contributed by atoms with Crippen LogP contribution >= 0.6 is 0 Å². The molecule has 3 unspecified atom stereocenters. The van der Waals surface area contributed by atoms with E-state index in [0.717, 1.165) is 12.2 Å². The average molecular weight is 241 g/mol. The Bertz CT molecular complexity index is 518. The molecule has 3 heteroatoms. The van der Waals surface area contributed by atoms with Crippen LogP contribution in [0.15, 0.2) is 42.7 Å². The van der Waals surface area contributed by atoms with Gasteiger partial charge in [0, 0.05) is 31.9 Å². The van der Waals surface area contributed by atoms with Gasteiger partial charge in [-0.05, 0) is 23.8 Å². The van der Waals surface area contributed by atoms with Crippen LogP contribution in [0.3, 0.4) is 0 Å². The Kier molecular flexibility index (Phi) is 2.92. The summed E-state index contributed by atoms with van der Waals surface area (Å²) in [5, 5.41) is 0. The van der Waals surface area contributed by atoms with Crippen LogP contribution in [0.4, 0.5) is 0 Å². The van der Waals surface area contributed by atoms with Gasteiger partial charge in [-0.15, -0.1) is 0 Å². The monoisotopic (exact) mass is 241 g/mol. The summed E-state index contributed by atoms with van der Waals surface area (Å²) in [5.74, 6) is 2.35. The highest BCUT2D eigenvalue weighted by Gasteiger charge is 2.42. The van der Waals surface area contributed by atoms with Gasteiger partial charge in [-0.25, -0.2) is 4.98 Å². The molecule has 1 saturated carbocycles. The Labute approximate surface area is 108 Å². The number of benzene rings is 1. The van der Waals surface area contributed by atoms with Gasteiger partial charge >= 0.3 is 0 Å². The van der Waals surface area contributed by atoms with Crippen LogP contribution in [-0.4, -0.2) is 15.6 Å². The fourth-order valence-electron chi connectivity index (χ4n) is 2.73. The fourth-order valence-corrected chi connectivity index (χ4v) is 2.73. The highest BCUT2D eigenvalue weighted by molar-refractivity contribution is 5.26. The van der Waals surface area contributed by atoms with Gasteiger partial charge in [0.05, 0.1) is 0 Å². The van der Waals surface area contributed by atoms with E-state index in [9.17, 15) is 0 Å². The molecule has 1 fully saturated rings. The van der Waals surface area contributed by atoms with Gasteiger partial charge in [-0.1, -0.05) is 30.3 Å². The van der Waals surface area contributed by atoms with Gasteiger partial charge < -0.3 is 10.3 Å². The highest BCUT2D eigenvalue weighted by atomic mass is 15.0. The van der Waals surface area contributed by atoms with Gasteiger partial charge in [0.2, 0.25) is 0 Å². The first kappa shape index (κ1) is 11.5. The van der Waals surface area contributed by atoms with E-state index < -0.39 is 0 Å². The molecule has 0 saturated heterocycles. The quantitative estimate of drug-likeness (QED) is 0.890. The Hall–Kier alpha value is -1.61. The lowest BCUT2D eigenvalue weighted by atomic mass is 10.0. The van der Waals surface area contributed by atoms with E-state index in [-0.39, 0.29) is 6.04 Å². The first-order valence-corrected chi connectivity index (χ1v) is 6.52. The van der Waals surface area contributed by atoms with E-state index >= 15 is 0 Å². The largest absolute Gasteiger partial charge is 0.338 e. The van der Waals surface area contributed by atoms with E-state index in [1.807, 2.05) is 19.4 Å². The molecule has 2 N–H and O–H groups in total. The number of nitrogens with zero attached hydrogens (tertiary/aromatic N) is 2. The molecule has 0 amide bonds. The topological polar surface area (TPSA) is 43.8 Å². The smallest absolute Gasteiger partial charge is 0.109 e. The minimum Gasteiger partial charge on any atom is -0.338 e. The Morgan fingerprint density at radius 3 is 2.83 bits per heavy atom. The second-order valence-corrected chi connectivity index (χ2v) is 5.24. The average Bonchev–Trinajstić information content (AvgIpc) is 3.10. The molecule has 3 nitrogen and oxygen atoms in total. The minimum absolute atomic E-state index is 0.219. The van der Waals surface area contributed by atoms with Crippen molar-refractivity contribution in [3.63, 3.8) is 0 Å². The molecule has 0 bridgehead atoms. The van der Waals surface area contributed by atoms with Gasteiger partial charge in [0.15, 0.2) is 0 Å². The first-order chi connectivity index (χ1) is 8.75. The van der Waals surface area contributed by atoms with Crippen molar-refractivity contribution >= 4 is 0 Å². The van der Waals surface area contributed by atoms with Crippen LogP contribution in [-0.2, 0) is 13.5 Å². The third-order valence-corrected chi connectivity index (χ3v) is 3.96. The van der Waals surface area contributed by atoms with Crippen molar-refractivity contribution in [2.24, 2.45) is 18.7 Å². The molecular formula is C15H19N3. The van der Waals surface area contributed by atoms with Gasteiger partial charge in [0.1, 0.15) is 5.82 Å². The lowest BCUT2D eigenvalue weighted by Crippen LogP contribution is -2.27. The Morgan fingerprint density at radius 2 is 2.17 bits per heavy atom. The highest BCUT2D eigenvalue weighted by Crippen LogP contribution is 2.49. The summed E-state index contributed by atoms with van der Waals surface area (Å²) in [6.45, 7) is 0. The molecule has 1 heterocycles. The van der Waals surface area contributed by atoms with E-state index in [0.29, 0.717) is 11.8 Å². The second-order valence-electron chi connectivity index (χ2n) is 5.24. The molecule has 1 aliphatic rings. The van der Waals surface area contributed by atoms with Crippen LogP contribution in [0.25, 0.3) is 0 Å². The molecule has 0 aliphatic heterocycles. The fraction of sp³-hybridized carbons (Fsp3) is 0.400. The molecule has 18 heavy (non-hydrogen) atoms. The predicted octanol–water partition coefficient (Wildman–Crippen LogP) is 2.09. The molecule has 3 rings (SSSR count). The zero-order chi connectivity index (χ0) is 12.5. The van der Waals surface area contributed by atoms with E-state index in [1.54, 1.807) is 0 Å². The van der Waals surface area contributed by atoms with Crippen molar-refractivity contribution in [1.29, 1.82) is 0 Å². The van der Waals surface area contributed by atoms with Gasteiger partial charge in [-0.3, -0.25) is 0 Å². The molecule has 1 aromatic carbocycles. The third-order valence-electron chi connectivity index (χ3n) is 3.96. The maximum atomic E-state index is 6.31. The lowest BCUT2D eigenvalue weighted by Gasteiger charge is -2.11. The first-order valence-electron chi connectivity index (χ1n) is 6.52. The summed E-state index contributed by atoms with van der Waals surface area (Å²) in [5.41, 5.74) is 7.74.